The summed E-state index contributed by atoms with van der Waals surface area (Å²) in [7, 11) is -17.4. The topological polar surface area (TPSA) is 294 Å². The van der Waals surface area contributed by atoms with Crippen LogP contribution < -0.4 is 11.4 Å². The van der Waals surface area contributed by atoms with Crippen molar-refractivity contribution in [1.29, 1.82) is 5.26 Å². The summed E-state index contributed by atoms with van der Waals surface area (Å²) in [6.45, 7) is -3.58. The molecular formula is C10H16FN4O14P3. The van der Waals surface area contributed by atoms with Crippen molar-refractivity contribution in [3.05, 3.63) is 22.7 Å². The van der Waals surface area contributed by atoms with E-state index in [9.17, 15) is 38.0 Å². The smallest absolute Gasteiger partial charge is 0.413 e. The maximum Gasteiger partial charge on any atom is 0.490 e. The number of hydrogen-bond acceptors (Lipinski definition) is 13. The molecule has 0 amide bonds. The molecule has 5 atom stereocenters. The number of halogens is 1. The minimum absolute atomic E-state index is 0.286. The van der Waals surface area contributed by atoms with Gasteiger partial charge in [0.15, 0.2) is 6.23 Å². The highest BCUT2D eigenvalue weighted by atomic mass is 31.3. The summed E-state index contributed by atoms with van der Waals surface area (Å²) in [4.78, 5) is 50.4. The first-order chi connectivity index (χ1) is 14.5. The Morgan fingerprint density at radius 3 is 2.28 bits per heavy atom. The monoisotopic (exact) mass is 528 g/mol. The maximum atomic E-state index is 13.7. The molecule has 32 heavy (non-hydrogen) atoms. The van der Waals surface area contributed by atoms with E-state index in [0.717, 1.165) is 18.5 Å². The lowest BCUT2D eigenvalue weighted by molar-refractivity contribution is -0.170. The molecule has 0 aliphatic rings. The first-order valence-electron chi connectivity index (χ1n) is 7.60. The van der Waals surface area contributed by atoms with Crippen LogP contribution in [-0.4, -0.2) is 64.3 Å². The molecule has 0 aromatic carbocycles. The highest BCUT2D eigenvalue weighted by molar-refractivity contribution is 7.66. The average molecular weight is 528 g/mol. The number of nitriles is 1. The quantitative estimate of drug-likeness (QED) is 0.117. The van der Waals surface area contributed by atoms with E-state index in [-0.39, 0.29) is 5.82 Å². The van der Waals surface area contributed by atoms with Crippen molar-refractivity contribution in [1.82, 2.24) is 9.55 Å². The molecule has 1 aromatic rings. The van der Waals surface area contributed by atoms with Crippen molar-refractivity contribution >= 4 is 29.3 Å². The van der Waals surface area contributed by atoms with Crippen LogP contribution in [0.4, 0.5) is 10.2 Å². The molecule has 0 aliphatic carbocycles. The average Bonchev–Trinajstić information content (AvgIpc) is 2.61. The van der Waals surface area contributed by atoms with Crippen LogP contribution >= 0.6 is 23.5 Å². The van der Waals surface area contributed by atoms with E-state index >= 15 is 0 Å². The van der Waals surface area contributed by atoms with Gasteiger partial charge in [0.25, 0.3) is 6.26 Å². The third-order valence-electron chi connectivity index (χ3n) is 3.32. The Kier molecular flexibility index (Phi) is 9.22. The molecule has 1 rings (SSSR count). The van der Waals surface area contributed by atoms with Crippen molar-refractivity contribution in [3.63, 3.8) is 0 Å². The minimum atomic E-state index is -5.92. The molecular weight excluding hydrogens is 512 g/mol. The fourth-order valence-electron chi connectivity index (χ4n) is 1.96. The van der Waals surface area contributed by atoms with Gasteiger partial charge in [-0.3, -0.25) is 9.09 Å². The zero-order chi connectivity index (χ0) is 25.0. The van der Waals surface area contributed by atoms with Crippen LogP contribution in [0.2, 0.25) is 0 Å². The van der Waals surface area contributed by atoms with E-state index in [1.54, 1.807) is 0 Å². The standard InChI is InChI=1S/C10H16FN4O14P3/c11-3-10(26-5-12,7(16)8(17)15-2-1-6(13)14-9(15)18)4-27-31(22,23)29-32(24,25)28-30(19,20)21/h1-2,7-8,16-17H,3-4H2,(H,22,23)(H,24,25)(H2,13,14,18)(H2,19,20,21)/t7-,8+,10+/m0/s1. The van der Waals surface area contributed by atoms with Gasteiger partial charge in [0, 0.05) is 6.20 Å². The summed E-state index contributed by atoms with van der Waals surface area (Å²) in [5, 5.41) is 29.2. The second-order valence-electron chi connectivity index (χ2n) is 5.66. The summed E-state index contributed by atoms with van der Waals surface area (Å²) in [5.74, 6) is -0.286. The Bertz CT molecular complexity index is 1060. The first-order valence-corrected chi connectivity index (χ1v) is 12.1. The second-order valence-corrected chi connectivity index (χ2v) is 10.1. The Morgan fingerprint density at radius 1 is 1.22 bits per heavy atom. The number of hydrogen-bond donors (Lipinski definition) is 7. The number of nitrogen functional groups attached to an aromatic ring is 1. The van der Waals surface area contributed by atoms with Gasteiger partial charge in [0.05, 0.1) is 0 Å². The molecule has 0 fully saturated rings. The number of ether oxygens (including phenoxy) is 1. The van der Waals surface area contributed by atoms with Crippen LogP contribution in [0, 0.1) is 11.5 Å². The van der Waals surface area contributed by atoms with Crippen LogP contribution in [0.1, 0.15) is 6.23 Å². The van der Waals surface area contributed by atoms with Gasteiger partial charge < -0.3 is 40.3 Å². The van der Waals surface area contributed by atoms with Crippen LogP contribution in [0.5, 0.6) is 0 Å². The molecule has 22 heteroatoms. The number of alkyl halides is 1. The van der Waals surface area contributed by atoms with Gasteiger partial charge in [-0.1, -0.05) is 0 Å². The Labute approximate surface area is 176 Å². The molecule has 0 spiro atoms. The molecule has 1 heterocycles. The molecule has 0 bridgehead atoms. The highest BCUT2D eigenvalue weighted by Crippen LogP contribution is 2.66. The molecule has 0 radical (unpaired) electrons. The summed E-state index contributed by atoms with van der Waals surface area (Å²) >= 11 is 0. The zero-order valence-corrected chi connectivity index (χ0v) is 18.0. The van der Waals surface area contributed by atoms with Gasteiger partial charge in [-0.05, 0) is 6.07 Å². The van der Waals surface area contributed by atoms with Gasteiger partial charge in [-0.15, -0.1) is 0 Å². The van der Waals surface area contributed by atoms with Crippen LogP contribution in [0.15, 0.2) is 17.1 Å². The summed E-state index contributed by atoms with van der Waals surface area (Å²) in [5.41, 5.74) is 1.00. The number of phosphoric ester groups is 1. The van der Waals surface area contributed by atoms with Crippen molar-refractivity contribution in [2.75, 3.05) is 19.0 Å². The molecule has 18 nitrogen and oxygen atoms in total. The predicted molar refractivity (Wildman–Crippen MR) is 95.4 cm³/mol. The first kappa shape index (κ1) is 28.3. The third-order valence-corrected chi connectivity index (χ3v) is 7.10. The Balaban J connectivity index is 3.15. The molecule has 0 saturated heterocycles. The Morgan fingerprint density at radius 2 is 1.81 bits per heavy atom. The number of nitrogens with zero attached hydrogens (tertiary/aromatic N) is 3. The van der Waals surface area contributed by atoms with Crippen LogP contribution in [-0.2, 0) is 31.6 Å². The lowest BCUT2D eigenvalue weighted by atomic mass is 9.97. The van der Waals surface area contributed by atoms with Gasteiger partial charge in [0.2, 0.25) is 5.60 Å². The lowest BCUT2D eigenvalue weighted by Crippen LogP contribution is -2.54. The third kappa shape index (κ3) is 7.98. The van der Waals surface area contributed by atoms with E-state index in [0.29, 0.717) is 4.57 Å². The normalized spacial score (nSPS) is 19.6. The summed E-state index contributed by atoms with van der Waals surface area (Å²) in [6, 6.07) is 0.992. The van der Waals surface area contributed by atoms with Crippen molar-refractivity contribution in [3.8, 4) is 6.26 Å². The van der Waals surface area contributed by atoms with Crippen molar-refractivity contribution in [2.45, 2.75) is 17.9 Å². The number of aliphatic hydroxyl groups excluding tert-OH is 2. The predicted octanol–water partition coefficient (Wildman–Crippen LogP) is -1.77. The SMILES string of the molecule is N#CO[C@](CF)(COP(=O)(O)OP(=O)(O)OP(=O)(O)O)[C@@H](O)[C@@H](O)n1ccc(N)nc1=O. The minimum Gasteiger partial charge on any atom is -0.413 e. The number of nitrogens with two attached hydrogens (primary N) is 1. The number of rotatable bonds is 12. The number of aliphatic hydroxyl groups is 2. The zero-order valence-electron chi connectivity index (χ0n) is 15.3. The fraction of sp³-hybridized carbons (Fsp3) is 0.500. The van der Waals surface area contributed by atoms with Gasteiger partial charge in [-0.2, -0.15) is 18.9 Å². The largest absolute Gasteiger partial charge is 0.490 e. The summed E-state index contributed by atoms with van der Waals surface area (Å²) in [6.07, 6.45) is -3.25. The molecule has 182 valence electrons. The highest BCUT2D eigenvalue weighted by Gasteiger charge is 2.49. The second kappa shape index (κ2) is 10.4. The molecule has 0 saturated carbocycles. The van der Waals surface area contributed by atoms with Gasteiger partial charge in [0.1, 0.15) is 25.2 Å². The van der Waals surface area contributed by atoms with Crippen LogP contribution in [0.25, 0.3) is 0 Å². The number of anilines is 1. The molecule has 8 N–H and O–H groups in total. The Hall–Kier alpha value is -1.77. The van der Waals surface area contributed by atoms with E-state index in [1.165, 1.54) is 0 Å². The van der Waals surface area contributed by atoms with Crippen molar-refractivity contribution in [2.24, 2.45) is 0 Å². The lowest BCUT2D eigenvalue weighted by Gasteiger charge is -2.35. The van der Waals surface area contributed by atoms with Crippen LogP contribution in [0.3, 0.4) is 0 Å². The number of phosphoric acid groups is 3. The number of aromatic nitrogens is 2. The van der Waals surface area contributed by atoms with Gasteiger partial charge >= 0.3 is 29.2 Å². The molecule has 2 unspecified atom stereocenters. The molecule has 1 aromatic heterocycles. The van der Waals surface area contributed by atoms with E-state index in [1.807, 2.05) is 0 Å². The van der Waals surface area contributed by atoms with E-state index in [2.05, 4.69) is 22.9 Å². The molecule has 0 aliphatic heterocycles. The fourth-order valence-corrected chi connectivity index (χ4v) is 5.03. The van der Waals surface area contributed by atoms with E-state index < -0.39 is 60.4 Å². The summed E-state index contributed by atoms with van der Waals surface area (Å²) < 4.78 is 63.1. The van der Waals surface area contributed by atoms with E-state index in [4.69, 9.17) is 25.7 Å². The van der Waals surface area contributed by atoms with Gasteiger partial charge in [-0.25, -0.2) is 22.9 Å². The maximum absolute atomic E-state index is 13.7. The van der Waals surface area contributed by atoms with Crippen molar-refractivity contribution < 1.29 is 65.8 Å².